The van der Waals surface area contributed by atoms with E-state index in [0.717, 1.165) is 19.6 Å². The topological polar surface area (TPSA) is 173 Å². The van der Waals surface area contributed by atoms with Crippen molar-refractivity contribution >= 4 is 0 Å². The van der Waals surface area contributed by atoms with Gasteiger partial charge in [0.2, 0.25) is 0 Å². The highest BCUT2D eigenvalue weighted by atomic mass is 16.0. The molecule has 30 heavy (non-hydrogen) atoms. The molecule has 0 radical (unpaired) electrons. The Hall–Kier alpha value is -0.240. The molecule has 0 amide bonds. The second-order valence-electron chi connectivity index (χ2n) is 7.67. The van der Waals surface area contributed by atoms with Crippen molar-refractivity contribution < 1.29 is 16.4 Å². The SMILES string of the molecule is CCCCCCCCN.CCCCCCCCN.CCCCCCCCN.O.O.O. The van der Waals surface area contributed by atoms with Crippen molar-refractivity contribution in [2.45, 2.75) is 136 Å². The van der Waals surface area contributed by atoms with Gasteiger partial charge in [0.25, 0.3) is 0 Å². The molecule has 0 unspecified atom stereocenters. The van der Waals surface area contributed by atoms with E-state index in [-0.39, 0.29) is 16.4 Å². The van der Waals surface area contributed by atoms with E-state index in [0.29, 0.717) is 0 Å². The predicted octanol–water partition coefficient (Wildman–Crippen LogP) is 4.44. The van der Waals surface area contributed by atoms with Crippen LogP contribution in [-0.2, 0) is 0 Å². The lowest BCUT2D eigenvalue weighted by Crippen LogP contribution is -1.97. The Bertz CT molecular complexity index is 161. The van der Waals surface area contributed by atoms with Crippen molar-refractivity contribution in [1.82, 2.24) is 0 Å². The number of hydrogen-bond acceptors (Lipinski definition) is 3. The van der Waals surface area contributed by atoms with Crippen molar-refractivity contribution in [3.63, 3.8) is 0 Å². The number of unbranched alkanes of at least 4 members (excludes halogenated alkanes) is 15. The molecule has 12 N–H and O–H groups in total. The van der Waals surface area contributed by atoms with Crippen LogP contribution in [0.15, 0.2) is 0 Å². The quantitative estimate of drug-likeness (QED) is 0.267. The Balaban J connectivity index is -0.0000000686. The van der Waals surface area contributed by atoms with Gasteiger partial charge in [-0.25, -0.2) is 0 Å². The molecule has 0 aliphatic carbocycles. The maximum atomic E-state index is 5.34. The number of hydrogen-bond donors (Lipinski definition) is 3. The van der Waals surface area contributed by atoms with E-state index in [4.69, 9.17) is 17.2 Å². The molecule has 6 heteroatoms. The molecule has 0 heterocycles. The smallest absolute Gasteiger partial charge is 0.00773 e. The molecule has 6 nitrogen and oxygen atoms in total. The number of rotatable bonds is 18. The Morgan fingerprint density at radius 3 is 0.633 bits per heavy atom. The third kappa shape index (κ3) is 63.0. The predicted molar refractivity (Wildman–Crippen MR) is 138 cm³/mol. The summed E-state index contributed by atoms with van der Waals surface area (Å²) >= 11 is 0. The maximum absolute atomic E-state index is 5.34. The van der Waals surface area contributed by atoms with Crippen molar-refractivity contribution in [2.24, 2.45) is 17.2 Å². The van der Waals surface area contributed by atoms with Crippen LogP contribution in [0, 0.1) is 0 Å². The molecular formula is C24H63N3O3. The molecule has 0 aliphatic heterocycles. The summed E-state index contributed by atoms with van der Waals surface area (Å²) in [6, 6.07) is 0. The molecular weight excluding hydrogens is 378 g/mol. The van der Waals surface area contributed by atoms with Crippen molar-refractivity contribution in [1.29, 1.82) is 0 Å². The monoisotopic (exact) mass is 441 g/mol. The molecule has 0 saturated heterocycles. The summed E-state index contributed by atoms with van der Waals surface area (Å²) in [5, 5.41) is 0. The van der Waals surface area contributed by atoms with Gasteiger partial charge < -0.3 is 33.6 Å². The average Bonchev–Trinajstić information content (AvgIpc) is 2.69. The van der Waals surface area contributed by atoms with Gasteiger partial charge in [-0.1, -0.05) is 117 Å². The van der Waals surface area contributed by atoms with E-state index in [9.17, 15) is 0 Å². The minimum Gasteiger partial charge on any atom is -0.412 e. The first-order chi connectivity index (χ1) is 13.2. The summed E-state index contributed by atoms with van der Waals surface area (Å²) in [6.45, 7) is 9.32. The lowest BCUT2D eigenvalue weighted by molar-refractivity contribution is 0.612. The zero-order valence-corrected chi connectivity index (χ0v) is 21.1. The first kappa shape index (κ1) is 43.6. The first-order valence-electron chi connectivity index (χ1n) is 12.3. The summed E-state index contributed by atoms with van der Waals surface area (Å²) in [7, 11) is 0. The second-order valence-corrected chi connectivity index (χ2v) is 7.67. The van der Waals surface area contributed by atoms with E-state index in [2.05, 4.69) is 20.8 Å². The first-order valence-corrected chi connectivity index (χ1v) is 12.3. The van der Waals surface area contributed by atoms with E-state index >= 15 is 0 Å². The molecule has 0 aromatic rings. The van der Waals surface area contributed by atoms with Crippen LogP contribution in [0.4, 0.5) is 0 Å². The summed E-state index contributed by atoms with van der Waals surface area (Å²) in [6.07, 6.45) is 24.2. The maximum Gasteiger partial charge on any atom is -0.00773 e. The van der Waals surface area contributed by atoms with Gasteiger partial charge in [-0.2, -0.15) is 0 Å². The highest BCUT2D eigenvalue weighted by molar-refractivity contribution is 4.44. The van der Waals surface area contributed by atoms with Crippen molar-refractivity contribution in [3.05, 3.63) is 0 Å². The van der Waals surface area contributed by atoms with Crippen LogP contribution in [0.5, 0.6) is 0 Å². The van der Waals surface area contributed by atoms with Crippen LogP contribution in [-0.4, -0.2) is 36.1 Å². The lowest BCUT2D eigenvalue weighted by Gasteiger charge is -1.96. The Labute approximate surface area is 190 Å². The van der Waals surface area contributed by atoms with Crippen molar-refractivity contribution in [3.8, 4) is 0 Å². The molecule has 0 rings (SSSR count). The Morgan fingerprint density at radius 2 is 0.467 bits per heavy atom. The molecule has 0 aromatic carbocycles. The highest BCUT2D eigenvalue weighted by Crippen LogP contribution is 2.04. The van der Waals surface area contributed by atoms with E-state index in [1.807, 2.05) is 0 Å². The van der Waals surface area contributed by atoms with Crippen LogP contribution >= 0.6 is 0 Å². The van der Waals surface area contributed by atoms with Gasteiger partial charge in [0.1, 0.15) is 0 Å². The van der Waals surface area contributed by atoms with Gasteiger partial charge in [-0.05, 0) is 38.9 Å². The zero-order chi connectivity index (χ0) is 20.8. The van der Waals surface area contributed by atoms with Crippen LogP contribution in [0.3, 0.4) is 0 Å². The molecule has 0 aromatic heterocycles. The molecule has 0 fully saturated rings. The fourth-order valence-electron chi connectivity index (χ4n) is 2.77. The Morgan fingerprint density at radius 1 is 0.300 bits per heavy atom. The fourth-order valence-corrected chi connectivity index (χ4v) is 2.77. The minimum atomic E-state index is 0. The van der Waals surface area contributed by atoms with Gasteiger partial charge in [-0.3, -0.25) is 0 Å². The van der Waals surface area contributed by atoms with E-state index < -0.39 is 0 Å². The lowest BCUT2D eigenvalue weighted by atomic mass is 10.1. The third-order valence-corrected chi connectivity index (χ3v) is 4.67. The molecule has 0 saturated carbocycles. The van der Waals surface area contributed by atoms with Gasteiger partial charge in [0.05, 0.1) is 0 Å². The van der Waals surface area contributed by atoms with Crippen LogP contribution in [0.25, 0.3) is 0 Å². The minimum absolute atomic E-state index is 0. The summed E-state index contributed by atoms with van der Waals surface area (Å²) in [4.78, 5) is 0. The largest absolute Gasteiger partial charge is 0.412 e. The van der Waals surface area contributed by atoms with E-state index in [1.54, 1.807) is 0 Å². The Kier molecular flexibility index (Phi) is 74.7. The molecule has 192 valence electrons. The normalized spacial score (nSPS) is 9.00. The summed E-state index contributed by atoms with van der Waals surface area (Å²) in [5.41, 5.74) is 16.0. The highest BCUT2D eigenvalue weighted by Gasteiger charge is 1.87. The zero-order valence-electron chi connectivity index (χ0n) is 21.1. The second kappa shape index (κ2) is 51.4. The van der Waals surface area contributed by atoms with Crippen LogP contribution in [0.2, 0.25) is 0 Å². The van der Waals surface area contributed by atoms with Gasteiger partial charge in [-0.15, -0.1) is 0 Å². The fraction of sp³-hybridized carbons (Fsp3) is 1.00. The standard InChI is InChI=1S/3C8H19N.3H2O/c3*1-2-3-4-5-6-7-8-9;;;/h3*2-9H2,1H3;3*1H2. The molecule has 0 aliphatic rings. The molecule has 0 atom stereocenters. The van der Waals surface area contributed by atoms with Crippen LogP contribution in [0.1, 0.15) is 136 Å². The van der Waals surface area contributed by atoms with E-state index in [1.165, 1.54) is 116 Å². The summed E-state index contributed by atoms with van der Waals surface area (Å²) in [5.74, 6) is 0. The summed E-state index contributed by atoms with van der Waals surface area (Å²) < 4.78 is 0. The molecule has 0 spiro atoms. The van der Waals surface area contributed by atoms with Crippen molar-refractivity contribution in [2.75, 3.05) is 19.6 Å². The number of nitrogens with two attached hydrogens (primary N) is 3. The third-order valence-electron chi connectivity index (χ3n) is 4.67. The van der Waals surface area contributed by atoms with Gasteiger partial charge in [0, 0.05) is 0 Å². The average molecular weight is 442 g/mol. The van der Waals surface area contributed by atoms with Gasteiger partial charge in [0.15, 0.2) is 0 Å². The molecule has 0 bridgehead atoms. The van der Waals surface area contributed by atoms with Crippen LogP contribution < -0.4 is 17.2 Å². The van der Waals surface area contributed by atoms with Gasteiger partial charge >= 0.3 is 0 Å².